The highest BCUT2D eigenvalue weighted by Crippen LogP contribution is 2.31. The van der Waals surface area contributed by atoms with Gasteiger partial charge in [-0.2, -0.15) is 0 Å². The van der Waals surface area contributed by atoms with Crippen molar-refractivity contribution in [3.05, 3.63) is 114 Å². The average molecular weight is 557 g/mol. The summed E-state index contributed by atoms with van der Waals surface area (Å²) in [6.07, 6.45) is 1.68. The van der Waals surface area contributed by atoms with Crippen LogP contribution in [0.2, 0.25) is 0 Å². The number of furan rings is 1. The second-order valence-corrected chi connectivity index (χ2v) is 10.2. The Morgan fingerprint density at radius 2 is 1.62 bits per heavy atom. The van der Waals surface area contributed by atoms with Crippen LogP contribution in [0.4, 0.5) is 0 Å². The minimum Gasteiger partial charge on any atom is -0.463 e. The third kappa shape index (κ3) is 5.20. The summed E-state index contributed by atoms with van der Waals surface area (Å²) in [6, 6.07) is 17.6. The largest absolute Gasteiger partial charge is 0.463 e. The molecule has 4 aromatic rings. The molecule has 1 atom stereocenters. The molecule has 9 heteroatoms. The summed E-state index contributed by atoms with van der Waals surface area (Å²) in [4.78, 5) is 43.8. The van der Waals surface area contributed by atoms with E-state index in [1.165, 1.54) is 11.3 Å². The number of allylic oxidation sites excluding steroid dienone is 1. The average Bonchev–Trinajstić information content (AvgIpc) is 3.53. The van der Waals surface area contributed by atoms with Gasteiger partial charge in [-0.05, 0) is 57.5 Å². The first-order valence-electron chi connectivity index (χ1n) is 12.9. The van der Waals surface area contributed by atoms with Gasteiger partial charge >= 0.3 is 11.9 Å². The molecular formula is C31H28N2O6S. The van der Waals surface area contributed by atoms with Crippen LogP contribution in [0, 0.1) is 6.92 Å². The maximum atomic E-state index is 13.8. The lowest BCUT2D eigenvalue weighted by Crippen LogP contribution is -2.39. The molecule has 0 N–H and O–H groups in total. The van der Waals surface area contributed by atoms with Gasteiger partial charge in [0, 0.05) is 11.6 Å². The number of ether oxygens (including phenoxy) is 2. The Bertz CT molecular complexity index is 1790. The molecule has 0 bridgehead atoms. The van der Waals surface area contributed by atoms with Crippen LogP contribution in [-0.2, 0) is 14.3 Å². The molecule has 0 spiro atoms. The molecule has 0 fully saturated rings. The molecule has 204 valence electrons. The summed E-state index contributed by atoms with van der Waals surface area (Å²) in [5.74, 6) is 0.207. The number of esters is 2. The lowest BCUT2D eigenvalue weighted by Gasteiger charge is -2.24. The molecule has 3 heterocycles. The van der Waals surface area contributed by atoms with Gasteiger partial charge in [-0.3, -0.25) is 9.36 Å². The van der Waals surface area contributed by atoms with Crippen LogP contribution in [0.25, 0.3) is 17.4 Å². The van der Waals surface area contributed by atoms with Gasteiger partial charge in [0.15, 0.2) is 4.80 Å². The first kappa shape index (κ1) is 27.1. The zero-order valence-electron chi connectivity index (χ0n) is 22.6. The van der Waals surface area contributed by atoms with Crippen molar-refractivity contribution in [1.82, 2.24) is 4.57 Å². The molecule has 1 unspecified atom stereocenters. The second kappa shape index (κ2) is 11.3. The topological polar surface area (TPSA) is 100 Å². The van der Waals surface area contributed by atoms with Gasteiger partial charge in [0.2, 0.25) is 0 Å². The van der Waals surface area contributed by atoms with Gasteiger partial charge in [0.05, 0.1) is 40.6 Å². The molecule has 2 aromatic heterocycles. The number of hydrogen-bond acceptors (Lipinski definition) is 8. The van der Waals surface area contributed by atoms with Gasteiger partial charge < -0.3 is 13.9 Å². The number of rotatable bonds is 7. The minimum atomic E-state index is -0.664. The third-order valence-electron chi connectivity index (χ3n) is 6.49. The molecule has 5 rings (SSSR count). The Kier molecular flexibility index (Phi) is 7.66. The van der Waals surface area contributed by atoms with Crippen molar-refractivity contribution in [2.75, 3.05) is 13.2 Å². The summed E-state index contributed by atoms with van der Waals surface area (Å²) < 4.78 is 18.4. The lowest BCUT2D eigenvalue weighted by molar-refractivity contribution is -0.139. The van der Waals surface area contributed by atoms with E-state index in [0.29, 0.717) is 44.3 Å². The Labute approximate surface area is 234 Å². The van der Waals surface area contributed by atoms with Crippen molar-refractivity contribution < 1.29 is 23.5 Å². The van der Waals surface area contributed by atoms with E-state index in [4.69, 9.17) is 13.9 Å². The van der Waals surface area contributed by atoms with E-state index in [2.05, 4.69) is 4.99 Å². The number of benzene rings is 2. The molecule has 2 aromatic carbocycles. The summed E-state index contributed by atoms with van der Waals surface area (Å²) in [7, 11) is 0. The van der Waals surface area contributed by atoms with Crippen LogP contribution in [-0.4, -0.2) is 29.7 Å². The predicted octanol–water partition coefficient (Wildman–Crippen LogP) is 4.54. The molecule has 1 aliphatic heterocycles. The molecule has 8 nitrogen and oxygen atoms in total. The van der Waals surface area contributed by atoms with E-state index < -0.39 is 12.0 Å². The normalized spacial score (nSPS) is 15.0. The quantitative estimate of drug-likeness (QED) is 0.310. The van der Waals surface area contributed by atoms with Crippen LogP contribution in [0.1, 0.15) is 54.1 Å². The number of nitrogens with zero attached hydrogens (tertiary/aromatic N) is 2. The number of carbonyl (C=O) groups is 2. The van der Waals surface area contributed by atoms with E-state index >= 15 is 0 Å². The van der Waals surface area contributed by atoms with Crippen LogP contribution in [0.3, 0.4) is 0 Å². The summed E-state index contributed by atoms with van der Waals surface area (Å²) in [6.45, 7) is 7.77. The van der Waals surface area contributed by atoms with E-state index in [9.17, 15) is 14.4 Å². The van der Waals surface area contributed by atoms with E-state index in [1.54, 1.807) is 67.8 Å². The van der Waals surface area contributed by atoms with Crippen molar-refractivity contribution >= 4 is 29.4 Å². The van der Waals surface area contributed by atoms with Crippen molar-refractivity contribution in [2.45, 2.75) is 33.7 Å². The smallest absolute Gasteiger partial charge is 0.338 e. The zero-order chi connectivity index (χ0) is 28.4. The SMILES string of the molecule is CCOC(=O)C1=C(C)N=c2sc(=Cc3ccc(-c4ccc(C(=O)OCC)cc4)o3)c(=O)n2C1c1ccc(C)cc1. The summed E-state index contributed by atoms with van der Waals surface area (Å²) in [5, 5.41) is 0. The lowest BCUT2D eigenvalue weighted by atomic mass is 9.95. The van der Waals surface area contributed by atoms with Crippen LogP contribution < -0.4 is 14.9 Å². The van der Waals surface area contributed by atoms with E-state index in [-0.39, 0.29) is 18.1 Å². The maximum absolute atomic E-state index is 13.8. The predicted molar refractivity (Wildman–Crippen MR) is 152 cm³/mol. The number of aromatic nitrogens is 1. The maximum Gasteiger partial charge on any atom is 0.338 e. The Hall–Kier alpha value is -4.50. The van der Waals surface area contributed by atoms with Crippen molar-refractivity contribution in [3.63, 3.8) is 0 Å². The van der Waals surface area contributed by atoms with Gasteiger partial charge in [0.25, 0.3) is 5.56 Å². The highest BCUT2D eigenvalue weighted by atomic mass is 32.1. The fraction of sp³-hybridized carbons (Fsp3) is 0.226. The fourth-order valence-corrected chi connectivity index (χ4v) is 5.58. The van der Waals surface area contributed by atoms with Gasteiger partial charge in [-0.1, -0.05) is 53.3 Å². The Balaban J connectivity index is 1.54. The number of aryl methyl sites for hydroxylation is 1. The van der Waals surface area contributed by atoms with Crippen LogP contribution in [0.5, 0.6) is 0 Å². The number of carbonyl (C=O) groups excluding carboxylic acids is 2. The monoisotopic (exact) mass is 556 g/mol. The van der Waals surface area contributed by atoms with Gasteiger partial charge in [-0.25, -0.2) is 14.6 Å². The highest BCUT2D eigenvalue weighted by molar-refractivity contribution is 7.07. The second-order valence-electron chi connectivity index (χ2n) is 9.21. The first-order chi connectivity index (χ1) is 19.3. The zero-order valence-corrected chi connectivity index (χ0v) is 23.4. The van der Waals surface area contributed by atoms with Crippen LogP contribution >= 0.6 is 11.3 Å². The number of hydrogen-bond donors (Lipinski definition) is 0. The minimum absolute atomic E-state index is 0.215. The molecule has 0 radical (unpaired) electrons. The van der Waals surface area contributed by atoms with Gasteiger partial charge in [-0.15, -0.1) is 0 Å². The van der Waals surface area contributed by atoms with Crippen molar-refractivity contribution in [2.24, 2.45) is 4.99 Å². The number of thiazole rings is 1. The molecule has 0 aliphatic carbocycles. The molecule has 0 saturated heterocycles. The molecule has 1 aliphatic rings. The third-order valence-corrected chi connectivity index (χ3v) is 7.47. The Morgan fingerprint density at radius 1 is 0.950 bits per heavy atom. The first-order valence-corrected chi connectivity index (χ1v) is 13.8. The van der Waals surface area contributed by atoms with Crippen molar-refractivity contribution in [3.8, 4) is 11.3 Å². The molecule has 0 saturated carbocycles. The highest BCUT2D eigenvalue weighted by Gasteiger charge is 2.33. The van der Waals surface area contributed by atoms with E-state index in [0.717, 1.165) is 16.7 Å². The van der Waals surface area contributed by atoms with Crippen molar-refractivity contribution in [1.29, 1.82) is 0 Å². The molecule has 40 heavy (non-hydrogen) atoms. The van der Waals surface area contributed by atoms with Gasteiger partial charge in [0.1, 0.15) is 11.5 Å². The molecular weight excluding hydrogens is 528 g/mol. The number of fused-ring (bicyclic) bond motifs is 1. The van der Waals surface area contributed by atoms with E-state index in [1.807, 2.05) is 31.2 Å². The molecule has 0 amide bonds. The van der Waals surface area contributed by atoms with Crippen LogP contribution in [0.15, 0.2) is 86.1 Å². The Morgan fingerprint density at radius 3 is 2.30 bits per heavy atom. The summed E-state index contributed by atoms with van der Waals surface area (Å²) in [5.41, 5.74) is 3.68. The standard InChI is InChI=1S/C31H28N2O6S/c1-5-37-29(35)22-13-11-20(12-14-22)24-16-15-23(39-24)17-25-28(34)33-27(21-9-7-18(3)8-10-21)26(30(36)38-6-2)19(4)32-31(33)40-25/h7-17,27H,5-6H2,1-4H3. The fourth-order valence-electron chi connectivity index (χ4n) is 4.56. The summed E-state index contributed by atoms with van der Waals surface area (Å²) >= 11 is 1.23.